The summed E-state index contributed by atoms with van der Waals surface area (Å²) in [5.41, 5.74) is -0.513. The fourth-order valence-corrected chi connectivity index (χ4v) is 2.39. The summed E-state index contributed by atoms with van der Waals surface area (Å²) in [6.45, 7) is 2.11. The zero-order chi connectivity index (χ0) is 15.6. The van der Waals surface area contributed by atoms with Crippen LogP contribution in [-0.4, -0.2) is 28.8 Å². The van der Waals surface area contributed by atoms with Crippen molar-refractivity contribution in [1.29, 1.82) is 5.26 Å². The summed E-state index contributed by atoms with van der Waals surface area (Å²) < 4.78 is 14.1. The molecule has 0 bridgehead atoms. The van der Waals surface area contributed by atoms with Crippen LogP contribution in [-0.2, 0) is 0 Å². The third kappa shape index (κ3) is 2.99. The van der Waals surface area contributed by atoms with E-state index in [1.165, 1.54) is 11.8 Å². The van der Waals surface area contributed by atoms with Gasteiger partial charge in [0.25, 0.3) is 11.6 Å². The molecule has 1 aliphatic rings. The standard InChI is InChI=1S/C14H14FN3O3/c1-9-6-11(18(20)21)7-12(13(9)15)14(19)17-4-2-10(8-16)3-5-17/h6-7,10H,2-5H2,1H3. The van der Waals surface area contributed by atoms with Crippen molar-refractivity contribution in [2.45, 2.75) is 19.8 Å². The molecule has 21 heavy (non-hydrogen) atoms. The van der Waals surface area contributed by atoms with Crippen molar-refractivity contribution < 1.29 is 14.1 Å². The second-order valence-corrected chi connectivity index (χ2v) is 5.08. The van der Waals surface area contributed by atoms with Gasteiger partial charge in [-0.25, -0.2) is 4.39 Å². The highest BCUT2D eigenvalue weighted by Gasteiger charge is 2.27. The molecule has 0 unspecified atom stereocenters. The summed E-state index contributed by atoms with van der Waals surface area (Å²) >= 11 is 0. The fraction of sp³-hybridized carbons (Fsp3) is 0.429. The molecule has 6 nitrogen and oxygen atoms in total. The van der Waals surface area contributed by atoms with Gasteiger partial charge in [-0.3, -0.25) is 14.9 Å². The van der Waals surface area contributed by atoms with Gasteiger partial charge >= 0.3 is 0 Å². The van der Waals surface area contributed by atoms with Gasteiger partial charge in [-0.15, -0.1) is 0 Å². The molecule has 0 atom stereocenters. The van der Waals surface area contributed by atoms with Gasteiger partial charge < -0.3 is 4.90 Å². The maximum atomic E-state index is 14.1. The van der Waals surface area contributed by atoms with E-state index >= 15 is 0 Å². The third-order valence-corrected chi connectivity index (χ3v) is 3.65. The zero-order valence-corrected chi connectivity index (χ0v) is 11.5. The van der Waals surface area contributed by atoms with Crippen LogP contribution in [0.5, 0.6) is 0 Å². The highest BCUT2D eigenvalue weighted by Crippen LogP contribution is 2.24. The van der Waals surface area contributed by atoms with Crippen LogP contribution in [0.3, 0.4) is 0 Å². The summed E-state index contributed by atoms with van der Waals surface area (Å²) in [5, 5.41) is 19.6. The SMILES string of the molecule is Cc1cc([N+](=O)[O-])cc(C(=O)N2CCC(C#N)CC2)c1F. The molecule has 110 valence electrons. The fourth-order valence-electron chi connectivity index (χ4n) is 2.39. The van der Waals surface area contributed by atoms with Crippen molar-refractivity contribution >= 4 is 11.6 Å². The Morgan fingerprint density at radius 3 is 2.62 bits per heavy atom. The number of piperidine rings is 1. The molecule has 0 spiro atoms. The van der Waals surface area contributed by atoms with Crippen molar-refractivity contribution in [3.8, 4) is 6.07 Å². The predicted molar refractivity (Wildman–Crippen MR) is 72.0 cm³/mol. The van der Waals surface area contributed by atoms with Gasteiger partial charge in [0.05, 0.1) is 16.6 Å². The summed E-state index contributed by atoms with van der Waals surface area (Å²) in [7, 11) is 0. The molecule has 1 heterocycles. The van der Waals surface area contributed by atoms with E-state index in [1.54, 1.807) is 0 Å². The molecule has 0 aromatic heterocycles. The number of rotatable bonds is 2. The first-order chi connectivity index (χ1) is 9.93. The highest BCUT2D eigenvalue weighted by atomic mass is 19.1. The molecule has 7 heteroatoms. The molecule has 0 N–H and O–H groups in total. The van der Waals surface area contributed by atoms with Gasteiger partial charge in [-0.1, -0.05) is 0 Å². The van der Waals surface area contributed by atoms with Crippen LogP contribution in [0.4, 0.5) is 10.1 Å². The lowest BCUT2D eigenvalue weighted by atomic mass is 9.97. The first-order valence-electron chi connectivity index (χ1n) is 6.57. The van der Waals surface area contributed by atoms with E-state index in [2.05, 4.69) is 6.07 Å². The van der Waals surface area contributed by atoms with Gasteiger partial charge in [-0.05, 0) is 25.3 Å². The lowest BCUT2D eigenvalue weighted by Gasteiger charge is -2.29. The van der Waals surface area contributed by atoms with Crippen LogP contribution in [0.1, 0.15) is 28.8 Å². The quantitative estimate of drug-likeness (QED) is 0.618. The number of aryl methyl sites for hydroxylation is 1. The van der Waals surface area contributed by atoms with Crippen LogP contribution >= 0.6 is 0 Å². The average molecular weight is 291 g/mol. The van der Waals surface area contributed by atoms with Crippen molar-refractivity contribution in [1.82, 2.24) is 4.90 Å². The number of carbonyl (C=O) groups excluding carboxylic acids is 1. The van der Waals surface area contributed by atoms with Crippen LogP contribution in [0.25, 0.3) is 0 Å². The van der Waals surface area contributed by atoms with Gasteiger partial charge in [0.15, 0.2) is 0 Å². The summed E-state index contributed by atoms with van der Waals surface area (Å²) in [6, 6.07) is 4.22. The Hall–Kier alpha value is -2.49. The maximum absolute atomic E-state index is 14.1. The molecule has 1 aliphatic heterocycles. The molecule has 1 aromatic rings. The number of benzene rings is 1. The second-order valence-electron chi connectivity index (χ2n) is 5.08. The molecule has 1 saturated heterocycles. The number of carbonyl (C=O) groups is 1. The average Bonchev–Trinajstić information content (AvgIpc) is 2.49. The number of nitro groups is 1. The lowest BCUT2D eigenvalue weighted by molar-refractivity contribution is -0.385. The Morgan fingerprint density at radius 1 is 1.48 bits per heavy atom. The Bertz CT molecular complexity index is 631. The van der Waals surface area contributed by atoms with E-state index in [-0.39, 0.29) is 22.7 Å². The predicted octanol–water partition coefficient (Wildman–Crippen LogP) is 2.42. The van der Waals surface area contributed by atoms with Gasteiger partial charge in [0.2, 0.25) is 0 Å². The van der Waals surface area contributed by atoms with Crippen LogP contribution in [0, 0.1) is 40.1 Å². The number of non-ortho nitro benzene ring substituents is 1. The Morgan fingerprint density at radius 2 is 2.10 bits per heavy atom. The van der Waals surface area contributed by atoms with Gasteiger partial charge in [-0.2, -0.15) is 5.26 Å². The number of likely N-dealkylation sites (tertiary alicyclic amines) is 1. The van der Waals surface area contributed by atoms with Gasteiger partial charge in [0, 0.05) is 31.1 Å². The smallest absolute Gasteiger partial charge is 0.270 e. The maximum Gasteiger partial charge on any atom is 0.270 e. The first-order valence-corrected chi connectivity index (χ1v) is 6.57. The second kappa shape index (κ2) is 5.87. The van der Waals surface area contributed by atoms with E-state index in [0.717, 1.165) is 12.1 Å². The van der Waals surface area contributed by atoms with E-state index in [0.29, 0.717) is 25.9 Å². The number of nitro benzene ring substituents is 1. The summed E-state index contributed by atoms with van der Waals surface area (Å²) in [4.78, 5) is 23.9. The Kier molecular flexibility index (Phi) is 4.17. The number of nitriles is 1. The molecule has 1 amide bonds. The van der Waals surface area contributed by atoms with Crippen LogP contribution < -0.4 is 0 Å². The largest absolute Gasteiger partial charge is 0.338 e. The lowest BCUT2D eigenvalue weighted by Crippen LogP contribution is -2.38. The summed E-state index contributed by atoms with van der Waals surface area (Å²) in [6.07, 6.45) is 1.08. The highest BCUT2D eigenvalue weighted by molar-refractivity contribution is 5.95. The minimum absolute atomic E-state index is 0.0689. The summed E-state index contributed by atoms with van der Waals surface area (Å²) in [5.74, 6) is -1.38. The van der Waals surface area contributed by atoms with Gasteiger partial charge in [0.1, 0.15) is 5.82 Å². The van der Waals surface area contributed by atoms with Crippen molar-refractivity contribution in [3.63, 3.8) is 0 Å². The number of nitrogens with zero attached hydrogens (tertiary/aromatic N) is 3. The van der Waals surface area contributed by atoms with E-state index in [9.17, 15) is 19.3 Å². The van der Waals surface area contributed by atoms with E-state index in [4.69, 9.17) is 5.26 Å². The molecular weight excluding hydrogens is 277 g/mol. The monoisotopic (exact) mass is 291 g/mol. The Balaban J connectivity index is 2.27. The number of halogens is 1. The third-order valence-electron chi connectivity index (χ3n) is 3.65. The minimum Gasteiger partial charge on any atom is -0.338 e. The molecule has 0 saturated carbocycles. The normalized spacial score (nSPS) is 15.6. The minimum atomic E-state index is -0.729. The number of hydrogen-bond donors (Lipinski definition) is 0. The van der Waals surface area contributed by atoms with Crippen molar-refractivity contribution in [2.24, 2.45) is 5.92 Å². The molecule has 0 aliphatic carbocycles. The number of amides is 1. The topological polar surface area (TPSA) is 87.2 Å². The molecule has 1 aromatic carbocycles. The molecule has 0 radical (unpaired) electrons. The first kappa shape index (κ1) is 14.9. The van der Waals surface area contributed by atoms with Crippen molar-refractivity contribution in [3.05, 3.63) is 39.2 Å². The van der Waals surface area contributed by atoms with E-state index in [1.807, 2.05) is 0 Å². The van der Waals surface area contributed by atoms with E-state index < -0.39 is 16.6 Å². The zero-order valence-electron chi connectivity index (χ0n) is 11.5. The Labute approximate surface area is 120 Å². The molecule has 1 fully saturated rings. The molecule has 2 rings (SSSR count). The van der Waals surface area contributed by atoms with Crippen molar-refractivity contribution in [2.75, 3.05) is 13.1 Å². The van der Waals surface area contributed by atoms with Crippen LogP contribution in [0.2, 0.25) is 0 Å². The molecular formula is C14H14FN3O3. The number of hydrogen-bond acceptors (Lipinski definition) is 4. The van der Waals surface area contributed by atoms with Crippen LogP contribution in [0.15, 0.2) is 12.1 Å².